The Morgan fingerprint density at radius 2 is 1.96 bits per heavy atom. The second kappa shape index (κ2) is 8.75. The molecule has 2 aromatic rings. The van der Waals surface area contributed by atoms with E-state index in [-0.39, 0.29) is 5.91 Å². The summed E-state index contributed by atoms with van der Waals surface area (Å²) in [6.07, 6.45) is 4.74. The number of benzene rings is 1. The SMILES string of the molecule is CN(CCc1ccncc1)C(=O)CCNc1cccc(Cl)c1Cl. The number of nitrogens with one attached hydrogen (secondary N) is 1. The number of anilines is 1. The van der Waals surface area contributed by atoms with Crippen LogP contribution in [0, 0.1) is 0 Å². The van der Waals surface area contributed by atoms with Crippen LogP contribution in [-0.2, 0) is 11.2 Å². The normalized spacial score (nSPS) is 10.4. The first kappa shape index (κ1) is 17.6. The second-order valence-electron chi connectivity index (χ2n) is 5.20. The van der Waals surface area contributed by atoms with Gasteiger partial charge in [0.25, 0.3) is 0 Å². The van der Waals surface area contributed by atoms with Crippen molar-refractivity contribution < 1.29 is 4.79 Å². The van der Waals surface area contributed by atoms with Crippen molar-refractivity contribution in [1.82, 2.24) is 9.88 Å². The van der Waals surface area contributed by atoms with Crippen LogP contribution in [0.1, 0.15) is 12.0 Å². The molecule has 23 heavy (non-hydrogen) atoms. The maximum Gasteiger partial charge on any atom is 0.224 e. The fourth-order valence-corrected chi connectivity index (χ4v) is 2.47. The van der Waals surface area contributed by atoms with Crippen molar-refractivity contribution in [2.24, 2.45) is 0 Å². The lowest BCUT2D eigenvalue weighted by atomic mass is 10.2. The fourth-order valence-electron chi connectivity index (χ4n) is 2.11. The summed E-state index contributed by atoms with van der Waals surface area (Å²) < 4.78 is 0. The van der Waals surface area contributed by atoms with Gasteiger partial charge in [0.2, 0.25) is 5.91 Å². The number of halogens is 2. The lowest BCUT2D eigenvalue weighted by molar-refractivity contribution is -0.129. The van der Waals surface area contributed by atoms with Crippen molar-refractivity contribution in [2.45, 2.75) is 12.8 Å². The second-order valence-corrected chi connectivity index (χ2v) is 5.98. The Morgan fingerprint density at radius 1 is 1.22 bits per heavy atom. The van der Waals surface area contributed by atoms with Crippen LogP contribution in [0.2, 0.25) is 10.0 Å². The quantitative estimate of drug-likeness (QED) is 0.822. The first-order valence-corrected chi connectivity index (χ1v) is 8.14. The minimum atomic E-state index is 0.0877. The van der Waals surface area contributed by atoms with E-state index in [1.54, 1.807) is 23.4 Å². The van der Waals surface area contributed by atoms with Crippen LogP contribution in [-0.4, -0.2) is 35.9 Å². The molecule has 1 aromatic carbocycles. The Kier molecular flexibility index (Phi) is 6.68. The first-order valence-electron chi connectivity index (χ1n) is 7.38. The van der Waals surface area contributed by atoms with Gasteiger partial charge in [-0.3, -0.25) is 9.78 Å². The number of nitrogens with zero attached hydrogens (tertiary/aromatic N) is 2. The molecule has 6 heteroatoms. The van der Waals surface area contributed by atoms with Crippen molar-refractivity contribution in [3.63, 3.8) is 0 Å². The number of likely N-dealkylation sites (N-methyl/N-ethyl adjacent to an activating group) is 1. The third kappa shape index (κ3) is 5.41. The van der Waals surface area contributed by atoms with Crippen LogP contribution in [0.4, 0.5) is 5.69 Å². The molecule has 122 valence electrons. The average Bonchev–Trinajstić information content (AvgIpc) is 2.57. The molecule has 0 aliphatic carbocycles. The lowest BCUT2D eigenvalue weighted by Gasteiger charge is -2.17. The maximum absolute atomic E-state index is 12.1. The highest BCUT2D eigenvalue weighted by molar-refractivity contribution is 6.43. The van der Waals surface area contributed by atoms with Crippen molar-refractivity contribution in [1.29, 1.82) is 0 Å². The van der Waals surface area contributed by atoms with E-state index in [9.17, 15) is 4.79 Å². The molecular weight excluding hydrogens is 333 g/mol. The molecule has 1 N–H and O–H groups in total. The summed E-state index contributed by atoms with van der Waals surface area (Å²) in [6, 6.07) is 9.31. The molecule has 0 saturated heterocycles. The van der Waals surface area contributed by atoms with Crippen molar-refractivity contribution in [3.8, 4) is 0 Å². The van der Waals surface area contributed by atoms with Gasteiger partial charge in [-0.1, -0.05) is 29.3 Å². The monoisotopic (exact) mass is 351 g/mol. The number of amides is 1. The van der Waals surface area contributed by atoms with E-state index in [2.05, 4.69) is 10.3 Å². The molecule has 2 rings (SSSR count). The predicted octanol–water partition coefficient (Wildman–Crippen LogP) is 3.89. The van der Waals surface area contributed by atoms with Crippen LogP contribution >= 0.6 is 23.2 Å². The van der Waals surface area contributed by atoms with Gasteiger partial charge in [0, 0.05) is 39.0 Å². The van der Waals surface area contributed by atoms with Crippen molar-refractivity contribution in [2.75, 3.05) is 25.5 Å². The molecule has 0 atom stereocenters. The van der Waals surface area contributed by atoms with Gasteiger partial charge in [-0.25, -0.2) is 0 Å². The molecule has 1 heterocycles. The summed E-state index contributed by atoms with van der Waals surface area (Å²) >= 11 is 12.0. The maximum atomic E-state index is 12.1. The fraction of sp³-hybridized carbons (Fsp3) is 0.294. The number of rotatable bonds is 7. The number of carbonyl (C=O) groups is 1. The highest BCUT2D eigenvalue weighted by atomic mass is 35.5. The van der Waals surface area contributed by atoms with Gasteiger partial charge in [-0.15, -0.1) is 0 Å². The molecule has 0 saturated carbocycles. The molecule has 0 radical (unpaired) electrons. The van der Waals surface area contributed by atoms with Crippen LogP contribution in [0.3, 0.4) is 0 Å². The molecular formula is C17H19Cl2N3O. The van der Waals surface area contributed by atoms with Gasteiger partial charge in [-0.2, -0.15) is 0 Å². The molecule has 4 nitrogen and oxygen atoms in total. The third-order valence-electron chi connectivity index (χ3n) is 3.52. The zero-order valence-electron chi connectivity index (χ0n) is 12.9. The number of carbonyl (C=O) groups excluding carboxylic acids is 1. The van der Waals surface area contributed by atoms with Crippen LogP contribution in [0.15, 0.2) is 42.7 Å². The van der Waals surface area contributed by atoms with Crippen molar-refractivity contribution in [3.05, 3.63) is 58.3 Å². The molecule has 0 fully saturated rings. The number of pyridine rings is 1. The lowest BCUT2D eigenvalue weighted by Crippen LogP contribution is -2.30. The van der Waals surface area contributed by atoms with Gasteiger partial charge in [0.1, 0.15) is 0 Å². The Morgan fingerprint density at radius 3 is 2.70 bits per heavy atom. The van der Waals surface area contributed by atoms with E-state index in [1.165, 1.54) is 5.56 Å². The minimum Gasteiger partial charge on any atom is -0.383 e. The smallest absolute Gasteiger partial charge is 0.224 e. The Hall–Kier alpha value is -1.78. The Labute approximate surface area is 146 Å². The van der Waals surface area contributed by atoms with Gasteiger partial charge < -0.3 is 10.2 Å². The molecule has 0 aliphatic rings. The van der Waals surface area contributed by atoms with E-state index in [1.807, 2.05) is 31.3 Å². The molecule has 0 aliphatic heterocycles. The predicted molar refractivity (Wildman–Crippen MR) is 95.1 cm³/mol. The topological polar surface area (TPSA) is 45.2 Å². The number of hydrogen-bond acceptors (Lipinski definition) is 3. The van der Waals surface area contributed by atoms with Crippen LogP contribution in [0.5, 0.6) is 0 Å². The summed E-state index contributed by atoms with van der Waals surface area (Å²) in [6.45, 7) is 1.19. The van der Waals surface area contributed by atoms with Gasteiger partial charge in [0.15, 0.2) is 0 Å². The van der Waals surface area contributed by atoms with Gasteiger partial charge in [0.05, 0.1) is 15.7 Å². The standard InChI is InChI=1S/C17H19Cl2N3O/c1-22(12-8-13-5-9-20-10-6-13)16(23)7-11-21-15-4-2-3-14(18)17(15)19/h2-6,9-10,21H,7-8,11-12H2,1H3. The largest absolute Gasteiger partial charge is 0.383 e. The van der Waals surface area contributed by atoms with E-state index in [0.29, 0.717) is 29.6 Å². The summed E-state index contributed by atoms with van der Waals surface area (Å²) in [5, 5.41) is 4.12. The van der Waals surface area contributed by atoms with Gasteiger partial charge >= 0.3 is 0 Å². The van der Waals surface area contributed by atoms with E-state index in [4.69, 9.17) is 23.2 Å². The highest BCUT2D eigenvalue weighted by Crippen LogP contribution is 2.29. The minimum absolute atomic E-state index is 0.0877. The molecule has 0 unspecified atom stereocenters. The molecule has 1 amide bonds. The summed E-state index contributed by atoms with van der Waals surface area (Å²) in [5.41, 5.74) is 1.91. The van der Waals surface area contributed by atoms with Gasteiger partial charge in [-0.05, 0) is 36.2 Å². The van der Waals surface area contributed by atoms with E-state index < -0.39 is 0 Å². The molecule has 0 bridgehead atoms. The highest BCUT2D eigenvalue weighted by Gasteiger charge is 2.09. The third-order valence-corrected chi connectivity index (χ3v) is 4.34. The summed E-state index contributed by atoms with van der Waals surface area (Å²) in [7, 11) is 1.82. The van der Waals surface area contributed by atoms with Crippen LogP contribution < -0.4 is 5.32 Å². The Balaban J connectivity index is 1.74. The zero-order chi connectivity index (χ0) is 16.7. The zero-order valence-corrected chi connectivity index (χ0v) is 14.4. The van der Waals surface area contributed by atoms with E-state index >= 15 is 0 Å². The van der Waals surface area contributed by atoms with Crippen LogP contribution in [0.25, 0.3) is 0 Å². The number of aromatic nitrogens is 1. The summed E-state index contributed by atoms with van der Waals surface area (Å²) in [5.74, 6) is 0.0877. The Bertz CT molecular complexity index is 650. The number of hydrogen-bond donors (Lipinski definition) is 1. The molecule has 0 spiro atoms. The van der Waals surface area contributed by atoms with E-state index in [0.717, 1.165) is 12.1 Å². The average molecular weight is 352 g/mol. The van der Waals surface area contributed by atoms with Crippen molar-refractivity contribution >= 4 is 34.8 Å². The summed E-state index contributed by atoms with van der Waals surface area (Å²) in [4.78, 5) is 17.8. The first-order chi connectivity index (χ1) is 11.1. The molecule has 1 aromatic heterocycles.